The van der Waals surface area contributed by atoms with Gasteiger partial charge in [0.2, 0.25) is 15.9 Å². The van der Waals surface area contributed by atoms with E-state index < -0.39 is 10.0 Å². The molecular weight excluding hydrogens is 462 g/mol. The minimum atomic E-state index is -3.44. The van der Waals surface area contributed by atoms with Gasteiger partial charge >= 0.3 is 0 Å². The average Bonchev–Trinajstić information content (AvgIpc) is 2.83. The smallest absolute Gasteiger partial charge is 0.225 e. The molecule has 0 N–H and O–H groups in total. The van der Waals surface area contributed by atoms with Crippen molar-refractivity contribution in [3.05, 3.63) is 59.1 Å². The van der Waals surface area contributed by atoms with Crippen molar-refractivity contribution in [2.45, 2.75) is 18.6 Å². The molecule has 4 rings (SSSR count). The van der Waals surface area contributed by atoms with Gasteiger partial charge in [-0.25, -0.2) is 12.7 Å². The number of anilines is 1. The van der Waals surface area contributed by atoms with Gasteiger partial charge in [0.15, 0.2) is 0 Å². The summed E-state index contributed by atoms with van der Waals surface area (Å²) in [6.07, 6.45) is 1.12. The zero-order chi connectivity index (χ0) is 23.4. The van der Waals surface area contributed by atoms with Gasteiger partial charge in [0.1, 0.15) is 5.75 Å². The summed E-state index contributed by atoms with van der Waals surface area (Å²) in [4.78, 5) is 17.3. The number of sulfonamides is 1. The Bertz CT molecular complexity index is 1060. The molecule has 2 fully saturated rings. The highest BCUT2D eigenvalue weighted by Crippen LogP contribution is 2.26. The van der Waals surface area contributed by atoms with Crippen molar-refractivity contribution in [3.63, 3.8) is 0 Å². The molecule has 33 heavy (non-hydrogen) atoms. The van der Waals surface area contributed by atoms with Crippen LogP contribution in [-0.4, -0.2) is 69.9 Å². The van der Waals surface area contributed by atoms with Crippen LogP contribution in [0.15, 0.2) is 48.5 Å². The minimum Gasteiger partial charge on any atom is -0.497 e. The van der Waals surface area contributed by atoms with Crippen LogP contribution in [-0.2, 0) is 20.6 Å². The first-order chi connectivity index (χ1) is 15.9. The summed E-state index contributed by atoms with van der Waals surface area (Å²) in [6.45, 7) is 3.68. The van der Waals surface area contributed by atoms with Gasteiger partial charge in [-0.05, 0) is 54.8 Å². The lowest BCUT2D eigenvalue weighted by Crippen LogP contribution is -2.52. The number of carbonyl (C=O) groups is 1. The molecule has 0 atom stereocenters. The predicted octanol–water partition coefficient (Wildman–Crippen LogP) is 3.24. The normalized spacial score (nSPS) is 18.4. The third kappa shape index (κ3) is 5.80. The topological polar surface area (TPSA) is 70.2 Å². The van der Waals surface area contributed by atoms with Crippen LogP contribution < -0.4 is 9.64 Å². The molecule has 9 heteroatoms. The van der Waals surface area contributed by atoms with E-state index in [0.717, 1.165) is 24.5 Å². The van der Waals surface area contributed by atoms with Gasteiger partial charge in [-0.1, -0.05) is 23.7 Å². The SMILES string of the molecule is COc1ccc(N2CCN(C(=O)C3CCN(S(=O)(=O)Cc4cccc(Cl)c4)CC3)CC2)cc1. The average molecular weight is 492 g/mol. The number of hydrogen-bond donors (Lipinski definition) is 0. The molecule has 2 aromatic carbocycles. The first kappa shape index (κ1) is 23.9. The van der Waals surface area contributed by atoms with Gasteiger partial charge in [0.25, 0.3) is 0 Å². The second-order valence-electron chi connectivity index (χ2n) is 8.57. The van der Waals surface area contributed by atoms with Gasteiger partial charge in [-0.2, -0.15) is 0 Å². The number of piperazine rings is 1. The molecule has 0 spiro atoms. The van der Waals surface area contributed by atoms with Gasteiger partial charge in [0.05, 0.1) is 12.9 Å². The lowest BCUT2D eigenvalue weighted by atomic mass is 9.96. The Hall–Kier alpha value is -2.29. The summed E-state index contributed by atoms with van der Waals surface area (Å²) < 4.78 is 32.4. The van der Waals surface area contributed by atoms with E-state index in [4.69, 9.17) is 16.3 Å². The van der Waals surface area contributed by atoms with Crippen LogP contribution in [0, 0.1) is 5.92 Å². The maximum Gasteiger partial charge on any atom is 0.225 e. The Balaban J connectivity index is 1.27. The standard InChI is InChI=1S/C24H30ClN3O4S/c1-32-23-7-5-22(6-8-23)26-13-15-27(16-14-26)24(29)20-9-11-28(12-10-20)33(30,31)18-19-3-2-4-21(25)17-19/h2-8,17,20H,9-16,18H2,1H3. The largest absolute Gasteiger partial charge is 0.497 e. The quantitative estimate of drug-likeness (QED) is 0.620. The molecule has 0 aromatic heterocycles. The highest BCUT2D eigenvalue weighted by Gasteiger charge is 2.34. The van der Waals surface area contributed by atoms with E-state index in [2.05, 4.69) is 4.90 Å². The van der Waals surface area contributed by atoms with Crippen molar-refractivity contribution in [2.24, 2.45) is 5.92 Å². The number of benzene rings is 2. The van der Waals surface area contributed by atoms with Crippen LogP contribution >= 0.6 is 11.6 Å². The van der Waals surface area contributed by atoms with E-state index in [0.29, 0.717) is 49.6 Å². The molecular formula is C24H30ClN3O4S. The van der Waals surface area contributed by atoms with Gasteiger partial charge < -0.3 is 14.5 Å². The zero-order valence-corrected chi connectivity index (χ0v) is 20.4. The number of amides is 1. The number of carbonyl (C=O) groups excluding carboxylic acids is 1. The Labute approximate surface area is 200 Å². The van der Waals surface area contributed by atoms with Crippen LogP contribution in [0.3, 0.4) is 0 Å². The molecule has 0 aliphatic carbocycles. The monoisotopic (exact) mass is 491 g/mol. The number of piperidine rings is 1. The van der Waals surface area contributed by atoms with Crippen LogP contribution in [0.4, 0.5) is 5.69 Å². The lowest BCUT2D eigenvalue weighted by molar-refractivity contribution is -0.137. The summed E-state index contributed by atoms with van der Waals surface area (Å²) >= 11 is 5.98. The Kier molecular flexibility index (Phi) is 7.46. The first-order valence-electron chi connectivity index (χ1n) is 11.3. The fourth-order valence-electron chi connectivity index (χ4n) is 4.55. The second-order valence-corrected chi connectivity index (χ2v) is 11.0. The van der Waals surface area contributed by atoms with E-state index in [-0.39, 0.29) is 17.6 Å². The Morgan fingerprint density at radius 3 is 2.27 bits per heavy atom. The maximum atomic E-state index is 13.1. The molecule has 2 aliphatic rings. The number of hydrogen-bond acceptors (Lipinski definition) is 5. The number of nitrogens with zero attached hydrogens (tertiary/aromatic N) is 3. The third-order valence-corrected chi connectivity index (χ3v) is 8.55. The number of rotatable bonds is 6. The summed E-state index contributed by atoms with van der Waals surface area (Å²) in [6, 6.07) is 14.9. The molecule has 0 bridgehead atoms. The van der Waals surface area contributed by atoms with Crippen molar-refractivity contribution in [3.8, 4) is 5.75 Å². The van der Waals surface area contributed by atoms with Crippen molar-refractivity contribution >= 4 is 33.2 Å². The first-order valence-corrected chi connectivity index (χ1v) is 13.2. The summed E-state index contributed by atoms with van der Waals surface area (Å²) in [5.74, 6) is 0.791. The lowest BCUT2D eigenvalue weighted by Gasteiger charge is -2.39. The minimum absolute atomic E-state index is 0.0699. The van der Waals surface area contributed by atoms with Crippen LogP contribution in [0.2, 0.25) is 5.02 Å². The molecule has 1 amide bonds. The Morgan fingerprint density at radius 1 is 1.00 bits per heavy atom. The van der Waals surface area contributed by atoms with Crippen molar-refractivity contribution < 1.29 is 17.9 Å². The van der Waals surface area contributed by atoms with Crippen molar-refractivity contribution in [2.75, 3.05) is 51.3 Å². The van der Waals surface area contributed by atoms with E-state index in [1.54, 1.807) is 31.4 Å². The highest BCUT2D eigenvalue weighted by atomic mass is 35.5. The Morgan fingerprint density at radius 2 is 1.67 bits per heavy atom. The van der Waals surface area contributed by atoms with Gasteiger partial charge in [-0.15, -0.1) is 0 Å². The molecule has 0 saturated carbocycles. The van der Waals surface area contributed by atoms with Crippen molar-refractivity contribution in [1.29, 1.82) is 0 Å². The van der Waals surface area contributed by atoms with Gasteiger partial charge in [-0.3, -0.25) is 4.79 Å². The molecule has 7 nitrogen and oxygen atoms in total. The molecule has 2 aliphatic heterocycles. The predicted molar refractivity (Wildman–Crippen MR) is 130 cm³/mol. The highest BCUT2D eigenvalue weighted by molar-refractivity contribution is 7.88. The molecule has 0 unspecified atom stereocenters. The fraction of sp³-hybridized carbons (Fsp3) is 0.458. The number of halogens is 1. The van der Waals surface area contributed by atoms with E-state index in [9.17, 15) is 13.2 Å². The maximum absolute atomic E-state index is 13.1. The number of methoxy groups -OCH3 is 1. The summed E-state index contributed by atoms with van der Waals surface area (Å²) in [5.41, 5.74) is 1.80. The van der Waals surface area contributed by atoms with E-state index in [1.807, 2.05) is 29.2 Å². The third-order valence-electron chi connectivity index (χ3n) is 6.46. The van der Waals surface area contributed by atoms with Crippen LogP contribution in [0.25, 0.3) is 0 Å². The summed E-state index contributed by atoms with van der Waals surface area (Å²) in [7, 11) is -1.78. The number of ether oxygens (including phenoxy) is 1. The van der Waals surface area contributed by atoms with E-state index >= 15 is 0 Å². The molecule has 2 aromatic rings. The fourth-order valence-corrected chi connectivity index (χ4v) is 6.31. The molecule has 2 heterocycles. The molecule has 0 radical (unpaired) electrons. The van der Waals surface area contributed by atoms with E-state index in [1.165, 1.54) is 4.31 Å². The van der Waals surface area contributed by atoms with Gasteiger partial charge in [0, 0.05) is 55.9 Å². The summed E-state index contributed by atoms with van der Waals surface area (Å²) in [5, 5.41) is 0.527. The van der Waals surface area contributed by atoms with Crippen LogP contribution in [0.5, 0.6) is 5.75 Å². The van der Waals surface area contributed by atoms with Crippen LogP contribution in [0.1, 0.15) is 18.4 Å². The molecule has 178 valence electrons. The molecule has 2 saturated heterocycles. The second kappa shape index (κ2) is 10.3. The van der Waals surface area contributed by atoms with Crippen molar-refractivity contribution in [1.82, 2.24) is 9.21 Å². The zero-order valence-electron chi connectivity index (χ0n) is 18.8.